The number of aromatic nitrogens is 3. The zero-order chi connectivity index (χ0) is 31.6. The lowest BCUT2D eigenvalue weighted by Crippen LogP contribution is -2.50. The van der Waals surface area contributed by atoms with Crippen molar-refractivity contribution in [2.24, 2.45) is 0 Å². The molecule has 3 aromatic heterocycles. The summed E-state index contributed by atoms with van der Waals surface area (Å²) in [7, 11) is -1.23. The maximum Gasteiger partial charge on any atom is 0.410 e. The van der Waals surface area contributed by atoms with E-state index in [1.54, 1.807) is 11.1 Å². The van der Waals surface area contributed by atoms with E-state index >= 15 is 0 Å². The highest BCUT2D eigenvalue weighted by atomic mass is 28.3. The first-order chi connectivity index (χ1) is 20.8. The van der Waals surface area contributed by atoms with Crippen LogP contribution >= 0.6 is 0 Å². The van der Waals surface area contributed by atoms with Crippen molar-refractivity contribution in [1.82, 2.24) is 24.3 Å². The Kier molecular flexibility index (Phi) is 9.18. The van der Waals surface area contributed by atoms with Crippen LogP contribution in [0.1, 0.15) is 45.7 Å². The van der Waals surface area contributed by atoms with Crippen LogP contribution in [-0.2, 0) is 21.0 Å². The van der Waals surface area contributed by atoms with Crippen molar-refractivity contribution in [3.05, 3.63) is 30.2 Å². The van der Waals surface area contributed by atoms with Crippen LogP contribution in [0.25, 0.3) is 21.9 Å². The van der Waals surface area contributed by atoms with Crippen molar-refractivity contribution in [3.63, 3.8) is 0 Å². The Bertz CT molecular complexity index is 1560. The zero-order valence-corrected chi connectivity index (χ0v) is 27.9. The minimum absolute atomic E-state index is 0.0711. The molecule has 236 valence electrons. The summed E-state index contributed by atoms with van der Waals surface area (Å²) in [5.74, 6) is 0.0711. The fourth-order valence-corrected chi connectivity index (χ4v) is 6.76. The highest BCUT2D eigenvalue weighted by molar-refractivity contribution is 6.76. The van der Waals surface area contributed by atoms with Gasteiger partial charge in [0, 0.05) is 71.5 Å². The van der Waals surface area contributed by atoms with Gasteiger partial charge in [-0.3, -0.25) is 9.36 Å². The van der Waals surface area contributed by atoms with Crippen molar-refractivity contribution < 1.29 is 19.1 Å². The molecule has 11 nitrogen and oxygen atoms in total. The van der Waals surface area contributed by atoms with Gasteiger partial charge in [0.05, 0.1) is 22.8 Å². The Morgan fingerprint density at radius 2 is 1.86 bits per heavy atom. The minimum atomic E-state index is -1.23. The monoisotopic (exact) mass is 619 g/mol. The molecule has 1 unspecified atom stereocenters. The van der Waals surface area contributed by atoms with Gasteiger partial charge in [0.15, 0.2) is 0 Å². The van der Waals surface area contributed by atoms with Crippen molar-refractivity contribution in [2.75, 3.05) is 44.2 Å². The van der Waals surface area contributed by atoms with Crippen LogP contribution in [0.15, 0.2) is 24.5 Å². The van der Waals surface area contributed by atoms with Gasteiger partial charge >= 0.3 is 6.09 Å². The molecule has 5 heterocycles. The molecule has 0 bridgehead atoms. The number of piperazine rings is 1. The fraction of sp³-hybridized carbons (Fsp3) is 0.594. The highest BCUT2D eigenvalue weighted by Crippen LogP contribution is 2.36. The molecule has 0 aliphatic carbocycles. The van der Waals surface area contributed by atoms with Gasteiger partial charge in [-0.25, -0.2) is 14.8 Å². The average molecular weight is 620 g/mol. The van der Waals surface area contributed by atoms with E-state index in [0.717, 1.165) is 46.5 Å². The van der Waals surface area contributed by atoms with Crippen LogP contribution in [0, 0.1) is 11.3 Å². The summed E-state index contributed by atoms with van der Waals surface area (Å²) >= 11 is 0. The van der Waals surface area contributed by atoms with Crippen LogP contribution in [0.3, 0.4) is 0 Å². The number of rotatable bonds is 8. The Morgan fingerprint density at radius 3 is 2.55 bits per heavy atom. The van der Waals surface area contributed by atoms with Gasteiger partial charge in [-0.15, -0.1) is 0 Å². The molecular weight excluding hydrogens is 574 g/mol. The van der Waals surface area contributed by atoms with E-state index in [1.165, 1.54) is 0 Å². The topological polar surface area (TPSA) is 117 Å². The van der Waals surface area contributed by atoms with Gasteiger partial charge < -0.3 is 24.2 Å². The average Bonchev–Trinajstić information content (AvgIpc) is 3.56. The lowest BCUT2D eigenvalue weighted by molar-refractivity contribution is -0.132. The van der Waals surface area contributed by atoms with Gasteiger partial charge in [-0.05, 0) is 51.8 Å². The molecule has 0 spiro atoms. The molecule has 0 saturated carbocycles. The number of pyridine rings is 2. The summed E-state index contributed by atoms with van der Waals surface area (Å²) in [5.41, 5.74) is 2.49. The number of amides is 2. The summed E-state index contributed by atoms with van der Waals surface area (Å²) in [4.78, 5) is 41.1. The second kappa shape index (κ2) is 12.7. The van der Waals surface area contributed by atoms with E-state index in [2.05, 4.69) is 35.6 Å². The van der Waals surface area contributed by atoms with E-state index in [1.807, 2.05) is 48.6 Å². The number of ether oxygens (including phenoxy) is 2. The van der Waals surface area contributed by atoms with E-state index in [9.17, 15) is 14.9 Å². The third-order valence-corrected chi connectivity index (χ3v) is 10.0. The van der Waals surface area contributed by atoms with Crippen LogP contribution in [0.4, 0.5) is 10.5 Å². The first kappa shape index (κ1) is 31.7. The molecule has 2 fully saturated rings. The molecule has 0 N–H and O–H groups in total. The van der Waals surface area contributed by atoms with Crippen LogP contribution in [-0.4, -0.2) is 95.4 Å². The second-order valence-electron chi connectivity index (χ2n) is 14.0. The van der Waals surface area contributed by atoms with Crippen LogP contribution in [0.2, 0.25) is 25.7 Å². The van der Waals surface area contributed by atoms with Crippen molar-refractivity contribution in [1.29, 1.82) is 5.26 Å². The summed E-state index contributed by atoms with van der Waals surface area (Å²) in [6.45, 7) is 16.8. The third kappa shape index (κ3) is 7.16. The first-order valence-corrected chi connectivity index (χ1v) is 19.3. The molecule has 2 aliphatic rings. The number of hydrogen-bond donors (Lipinski definition) is 0. The van der Waals surface area contributed by atoms with E-state index < -0.39 is 13.7 Å². The van der Waals surface area contributed by atoms with Crippen molar-refractivity contribution in [2.45, 2.75) is 84.1 Å². The first-order valence-electron chi connectivity index (χ1n) is 15.6. The zero-order valence-electron chi connectivity index (χ0n) is 26.9. The quantitative estimate of drug-likeness (QED) is 0.249. The largest absolute Gasteiger partial charge is 0.444 e. The fourth-order valence-electron chi connectivity index (χ4n) is 6.01. The summed E-state index contributed by atoms with van der Waals surface area (Å²) in [6, 6.07) is 6.96. The summed E-state index contributed by atoms with van der Waals surface area (Å²) in [6.07, 6.45) is 5.22. The van der Waals surface area contributed by atoms with Gasteiger partial charge in [0.1, 0.15) is 29.7 Å². The number of carbonyl (C=O) groups excluding carboxylic acids is 2. The Balaban J connectivity index is 1.31. The van der Waals surface area contributed by atoms with Gasteiger partial charge in [-0.1, -0.05) is 19.6 Å². The Labute approximate surface area is 260 Å². The van der Waals surface area contributed by atoms with Crippen LogP contribution < -0.4 is 4.90 Å². The van der Waals surface area contributed by atoms with E-state index in [4.69, 9.17) is 14.5 Å². The Hall–Kier alpha value is -3.69. The SMILES string of the molecule is CC(C)(C)OC(=O)N1CCCC1CC(=O)N1CCN(c2ccnc3c2c2cc(C#N)ncc2n3COCC[Si](C)(C)C)CC1. The molecular formula is C32H45N7O4Si. The van der Waals surface area contributed by atoms with Gasteiger partial charge in [0.25, 0.3) is 0 Å². The number of anilines is 1. The predicted molar refractivity (Wildman–Crippen MR) is 173 cm³/mol. The molecule has 1 atom stereocenters. The molecule has 0 aromatic carbocycles. The molecule has 12 heteroatoms. The standard InChI is InChI=1S/C32H45N7O4Si/c1-32(2,3)43-31(41)38-11-7-8-24(38)19-28(40)37-14-12-36(13-15-37)26-9-10-34-30-29(26)25-18-23(20-33)35-21-27(25)39(30)22-42-16-17-44(4,5)6/h9-10,18,21,24H,7-8,11-17,19,22H2,1-6H3. The summed E-state index contributed by atoms with van der Waals surface area (Å²) in [5, 5.41) is 11.5. The molecule has 44 heavy (non-hydrogen) atoms. The minimum Gasteiger partial charge on any atom is -0.444 e. The third-order valence-electron chi connectivity index (χ3n) is 8.33. The number of carbonyl (C=O) groups is 2. The lowest BCUT2D eigenvalue weighted by atomic mass is 10.1. The molecule has 2 amide bonds. The molecule has 2 aliphatic heterocycles. The van der Waals surface area contributed by atoms with Gasteiger partial charge in [0.2, 0.25) is 5.91 Å². The second-order valence-corrected chi connectivity index (χ2v) is 19.7. The maximum absolute atomic E-state index is 13.4. The summed E-state index contributed by atoms with van der Waals surface area (Å²) < 4.78 is 13.8. The molecule has 2 saturated heterocycles. The Morgan fingerprint density at radius 1 is 1.11 bits per heavy atom. The van der Waals surface area contributed by atoms with Crippen molar-refractivity contribution in [3.8, 4) is 6.07 Å². The highest BCUT2D eigenvalue weighted by Gasteiger charge is 2.35. The van der Waals surface area contributed by atoms with Crippen LogP contribution in [0.5, 0.6) is 0 Å². The molecule has 0 radical (unpaired) electrons. The molecule has 5 rings (SSSR count). The number of fused-ring (bicyclic) bond motifs is 3. The maximum atomic E-state index is 13.4. The number of hydrogen-bond acceptors (Lipinski definition) is 8. The van der Waals surface area contributed by atoms with Gasteiger partial charge in [-0.2, -0.15) is 5.26 Å². The predicted octanol–water partition coefficient (Wildman–Crippen LogP) is 5.21. The number of nitriles is 1. The normalized spacial score (nSPS) is 17.8. The van der Waals surface area contributed by atoms with Crippen molar-refractivity contribution >= 4 is 47.7 Å². The van der Waals surface area contributed by atoms with E-state index in [-0.39, 0.29) is 18.0 Å². The smallest absolute Gasteiger partial charge is 0.410 e. The molecule has 3 aromatic rings. The lowest BCUT2D eigenvalue weighted by Gasteiger charge is -2.37. The number of nitrogens with zero attached hydrogens (tertiary/aromatic N) is 7. The van der Waals surface area contributed by atoms with E-state index in [0.29, 0.717) is 58.2 Å². The number of likely N-dealkylation sites (tertiary alicyclic amines) is 1.